The molecule has 0 bridgehead atoms. The Hall–Kier alpha value is -1.55. The van der Waals surface area contributed by atoms with Crippen LogP contribution in [0.2, 0.25) is 0 Å². The van der Waals surface area contributed by atoms with Crippen molar-refractivity contribution < 1.29 is 14.6 Å². The number of aliphatic hydroxyl groups excluding tert-OH is 1. The quantitative estimate of drug-likeness (QED) is 0.827. The van der Waals surface area contributed by atoms with Crippen LogP contribution >= 0.6 is 0 Å². The van der Waals surface area contributed by atoms with Gasteiger partial charge >= 0.3 is 6.09 Å². The predicted molar refractivity (Wildman–Crippen MR) is 77.5 cm³/mol. The number of nitrogens with one attached hydrogen (secondary N) is 1. The van der Waals surface area contributed by atoms with Crippen LogP contribution in [0.25, 0.3) is 0 Å². The number of aliphatic hydroxyl groups is 1. The fourth-order valence-electron chi connectivity index (χ4n) is 2.53. The first-order chi connectivity index (χ1) is 9.26. The van der Waals surface area contributed by atoms with Gasteiger partial charge in [-0.3, -0.25) is 0 Å². The highest BCUT2D eigenvalue weighted by Gasteiger charge is 2.28. The number of hydrogen-bond acceptors (Lipinski definition) is 3. The molecule has 1 amide bonds. The van der Waals surface area contributed by atoms with Crippen molar-refractivity contribution in [2.24, 2.45) is 0 Å². The van der Waals surface area contributed by atoms with Crippen LogP contribution in [0.4, 0.5) is 4.79 Å². The number of amides is 1. The molecule has 0 fully saturated rings. The second-order valence-electron chi connectivity index (χ2n) is 6.42. The fraction of sp³-hybridized carbons (Fsp3) is 0.562. The molecule has 0 saturated heterocycles. The number of rotatable bonds is 1. The summed E-state index contributed by atoms with van der Waals surface area (Å²) in [6.07, 6.45) is 0.515. The van der Waals surface area contributed by atoms with E-state index in [9.17, 15) is 9.90 Å². The Morgan fingerprint density at radius 3 is 2.65 bits per heavy atom. The second kappa shape index (κ2) is 5.44. The van der Waals surface area contributed by atoms with Crippen LogP contribution in [0, 0.1) is 6.92 Å². The van der Waals surface area contributed by atoms with Crippen molar-refractivity contribution in [3.05, 3.63) is 34.9 Å². The summed E-state index contributed by atoms with van der Waals surface area (Å²) in [7, 11) is 0. The maximum atomic E-state index is 11.9. The molecule has 0 unspecified atom stereocenters. The van der Waals surface area contributed by atoms with Crippen LogP contribution in [-0.4, -0.2) is 16.8 Å². The summed E-state index contributed by atoms with van der Waals surface area (Å²) in [5, 5.41) is 13.0. The standard InChI is InChI=1S/C16H23NO3/c1-10-5-6-11-12(9-10)13(7-8-14(11)18)17-15(19)20-16(2,3)4/h5-6,9,13-14,18H,7-8H2,1-4H3,(H,17,19)/t13-,14-/m0/s1. The van der Waals surface area contributed by atoms with Crippen LogP contribution in [0.5, 0.6) is 0 Å². The van der Waals surface area contributed by atoms with Crippen molar-refractivity contribution in [3.63, 3.8) is 0 Å². The lowest BCUT2D eigenvalue weighted by molar-refractivity contribution is 0.0485. The summed E-state index contributed by atoms with van der Waals surface area (Å²) in [4.78, 5) is 11.9. The molecular formula is C16H23NO3. The van der Waals surface area contributed by atoms with E-state index in [2.05, 4.69) is 5.32 Å². The van der Waals surface area contributed by atoms with Gasteiger partial charge in [-0.05, 0) is 51.7 Å². The third-order valence-electron chi connectivity index (χ3n) is 3.40. The number of aryl methyl sites for hydroxylation is 1. The molecule has 1 aliphatic rings. The molecular weight excluding hydrogens is 254 g/mol. The third-order valence-corrected chi connectivity index (χ3v) is 3.40. The van der Waals surface area contributed by atoms with Crippen molar-refractivity contribution in [1.82, 2.24) is 5.32 Å². The summed E-state index contributed by atoms with van der Waals surface area (Å²) in [5.41, 5.74) is 2.51. The van der Waals surface area contributed by atoms with Crippen molar-refractivity contribution >= 4 is 6.09 Å². The van der Waals surface area contributed by atoms with E-state index in [0.717, 1.165) is 23.1 Å². The molecule has 110 valence electrons. The molecule has 20 heavy (non-hydrogen) atoms. The summed E-state index contributed by atoms with van der Waals surface area (Å²) in [5.74, 6) is 0. The Kier molecular flexibility index (Phi) is 4.04. The minimum atomic E-state index is -0.506. The van der Waals surface area contributed by atoms with Crippen molar-refractivity contribution in [2.75, 3.05) is 0 Å². The van der Waals surface area contributed by atoms with E-state index in [-0.39, 0.29) is 6.04 Å². The Bertz CT molecular complexity index is 505. The Morgan fingerprint density at radius 2 is 2.00 bits per heavy atom. The zero-order valence-electron chi connectivity index (χ0n) is 12.6. The first kappa shape index (κ1) is 14.9. The number of fused-ring (bicyclic) bond motifs is 1. The van der Waals surface area contributed by atoms with E-state index in [4.69, 9.17) is 4.74 Å². The van der Waals surface area contributed by atoms with Crippen LogP contribution in [-0.2, 0) is 4.74 Å². The number of carbonyl (C=O) groups excluding carboxylic acids is 1. The van der Waals surface area contributed by atoms with Crippen LogP contribution < -0.4 is 5.32 Å². The molecule has 0 aromatic heterocycles. The smallest absolute Gasteiger partial charge is 0.408 e. The summed E-state index contributed by atoms with van der Waals surface area (Å²) >= 11 is 0. The molecule has 0 heterocycles. The minimum Gasteiger partial charge on any atom is -0.444 e. The molecule has 4 nitrogen and oxygen atoms in total. The van der Waals surface area contributed by atoms with E-state index in [1.807, 2.05) is 45.9 Å². The fourth-order valence-corrected chi connectivity index (χ4v) is 2.53. The van der Waals surface area contributed by atoms with Crippen molar-refractivity contribution in [2.45, 2.75) is 58.3 Å². The maximum absolute atomic E-state index is 11.9. The molecule has 2 rings (SSSR count). The molecule has 2 N–H and O–H groups in total. The van der Waals surface area contributed by atoms with Gasteiger partial charge in [0, 0.05) is 0 Å². The van der Waals surface area contributed by atoms with E-state index >= 15 is 0 Å². The van der Waals surface area contributed by atoms with Gasteiger partial charge < -0.3 is 15.2 Å². The van der Waals surface area contributed by atoms with Gasteiger partial charge in [0.1, 0.15) is 5.60 Å². The van der Waals surface area contributed by atoms with E-state index in [0.29, 0.717) is 6.42 Å². The van der Waals surface area contributed by atoms with Gasteiger partial charge in [-0.25, -0.2) is 4.79 Å². The monoisotopic (exact) mass is 277 g/mol. The lowest BCUT2D eigenvalue weighted by Gasteiger charge is -2.30. The first-order valence-corrected chi connectivity index (χ1v) is 7.04. The highest BCUT2D eigenvalue weighted by molar-refractivity contribution is 5.68. The van der Waals surface area contributed by atoms with Crippen LogP contribution in [0.1, 0.15) is 62.4 Å². The van der Waals surface area contributed by atoms with Gasteiger partial charge in [0.2, 0.25) is 0 Å². The largest absolute Gasteiger partial charge is 0.444 e. The zero-order valence-corrected chi connectivity index (χ0v) is 12.6. The minimum absolute atomic E-state index is 0.0943. The van der Waals surface area contributed by atoms with Gasteiger partial charge in [-0.2, -0.15) is 0 Å². The number of ether oxygens (including phenoxy) is 1. The van der Waals surface area contributed by atoms with Gasteiger partial charge in [0.25, 0.3) is 0 Å². The molecule has 1 aromatic rings. The highest BCUT2D eigenvalue weighted by Crippen LogP contribution is 2.36. The number of alkyl carbamates (subject to hydrolysis) is 1. The van der Waals surface area contributed by atoms with E-state index in [1.165, 1.54) is 0 Å². The molecule has 1 aromatic carbocycles. The Morgan fingerprint density at radius 1 is 1.30 bits per heavy atom. The van der Waals surface area contributed by atoms with Crippen molar-refractivity contribution in [3.8, 4) is 0 Å². The van der Waals surface area contributed by atoms with Crippen LogP contribution in [0.15, 0.2) is 18.2 Å². The summed E-state index contributed by atoms with van der Waals surface area (Å²) in [6.45, 7) is 7.53. The average Bonchev–Trinajstić information content (AvgIpc) is 2.30. The molecule has 0 radical (unpaired) electrons. The molecule has 2 atom stereocenters. The lowest BCUT2D eigenvalue weighted by atomic mass is 9.85. The molecule has 1 aliphatic carbocycles. The maximum Gasteiger partial charge on any atom is 0.408 e. The second-order valence-corrected chi connectivity index (χ2v) is 6.42. The molecule has 4 heteroatoms. The summed E-state index contributed by atoms with van der Waals surface area (Å²) < 4.78 is 5.30. The average molecular weight is 277 g/mol. The van der Waals surface area contributed by atoms with E-state index < -0.39 is 17.8 Å². The van der Waals surface area contributed by atoms with E-state index in [1.54, 1.807) is 0 Å². The number of carbonyl (C=O) groups is 1. The Balaban J connectivity index is 2.17. The predicted octanol–water partition coefficient (Wildman–Crippen LogP) is 3.39. The zero-order chi connectivity index (χ0) is 14.9. The number of benzene rings is 1. The van der Waals surface area contributed by atoms with Crippen LogP contribution in [0.3, 0.4) is 0 Å². The normalized spacial score (nSPS) is 22.1. The first-order valence-electron chi connectivity index (χ1n) is 7.04. The van der Waals surface area contributed by atoms with Crippen molar-refractivity contribution in [1.29, 1.82) is 0 Å². The topological polar surface area (TPSA) is 58.6 Å². The van der Waals surface area contributed by atoms with Gasteiger partial charge in [-0.15, -0.1) is 0 Å². The lowest BCUT2D eigenvalue weighted by Crippen LogP contribution is -2.36. The SMILES string of the molecule is Cc1ccc2c(c1)[C@@H](NC(=O)OC(C)(C)C)CC[C@@H]2O. The Labute approximate surface area is 120 Å². The number of hydrogen-bond donors (Lipinski definition) is 2. The highest BCUT2D eigenvalue weighted by atomic mass is 16.6. The van der Waals surface area contributed by atoms with Gasteiger partial charge in [0.15, 0.2) is 0 Å². The molecule has 0 spiro atoms. The van der Waals surface area contributed by atoms with Gasteiger partial charge in [0.05, 0.1) is 12.1 Å². The third kappa shape index (κ3) is 3.51. The molecule has 0 aliphatic heterocycles. The van der Waals surface area contributed by atoms with Gasteiger partial charge in [-0.1, -0.05) is 23.8 Å². The summed E-state index contributed by atoms with van der Waals surface area (Å²) in [6, 6.07) is 5.86. The molecule has 0 saturated carbocycles.